The molecule has 3 aromatic rings. The predicted molar refractivity (Wildman–Crippen MR) is 86.5 cm³/mol. The van der Waals surface area contributed by atoms with E-state index in [2.05, 4.69) is 9.97 Å². The molecule has 0 aliphatic rings. The average Bonchev–Trinajstić information content (AvgIpc) is 3.06. The summed E-state index contributed by atoms with van der Waals surface area (Å²) in [5.41, 5.74) is 5.99. The maximum absolute atomic E-state index is 13.3. The summed E-state index contributed by atoms with van der Waals surface area (Å²) < 4.78 is 46.6. The van der Waals surface area contributed by atoms with E-state index in [0.29, 0.717) is 16.9 Å². The van der Waals surface area contributed by atoms with Gasteiger partial charge in [-0.25, -0.2) is 14.8 Å². The highest BCUT2D eigenvalue weighted by Gasteiger charge is 2.41. The molecule has 0 saturated heterocycles. The lowest BCUT2D eigenvalue weighted by atomic mass is 10.0. The second-order valence-electron chi connectivity index (χ2n) is 5.40. The van der Waals surface area contributed by atoms with Crippen LogP contribution in [0.25, 0.3) is 16.9 Å². The van der Waals surface area contributed by atoms with Gasteiger partial charge >= 0.3 is 12.2 Å². The van der Waals surface area contributed by atoms with Crippen molar-refractivity contribution in [3.8, 4) is 17.1 Å². The van der Waals surface area contributed by atoms with Gasteiger partial charge in [0.2, 0.25) is 0 Å². The van der Waals surface area contributed by atoms with Crippen LogP contribution in [0.4, 0.5) is 18.0 Å². The van der Waals surface area contributed by atoms with Crippen molar-refractivity contribution < 1.29 is 22.7 Å². The van der Waals surface area contributed by atoms with Gasteiger partial charge in [0, 0.05) is 24.2 Å². The van der Waals surface area contributed by atoms with E-state index in [1.54, 1.807) is 34.4 Å². The SMILES string of the molecule is COc1nc(-c2cccc(C(NC(N)=O)C(F)(F)F)c2)cn2ccnc12. The van der Waals surface area contributed by atoms with Gasteiger partial charge in [-0.1, -0.05) is 18.2 Å². The number of nitrogens with two attached hydrogens (primary N) is 1. The maximum Gasteiger partial charge on any atom is 0.412 e. The minimum atomic E-state index is -4.70. The lowest BCUT2D eigenvalue weighted by Crippen LogP contribution is -2.40. The number of alkyl halides is 3. The third-order valence-electron chi connectivity index (χ3n) is 3.67. The summed E-state index contributed by atoms with van der Waals surface area (Å²) in [6, 6.07) is 2.10. The number of methoxy groups -OCH3 is 1. The third-order valence-corrected chi connectivity index (χ3v) is 3.67. The number of carbonyl (C=O) groups is 1. The molecule has 0 aliphatic heterocycles. The van der Waals surface area contributed by atoms with Crippen LogP contribution in [0.1, 0.15) is 11.6 Å². The Morgan fingerprint density at radius 3 is 2.81 bits per heavy atom. The standard InChI is InChI=1S/C16H14F3N5O2/c1-26-14-13-21-5-6-24(13)8-11(22-14)9-3-2-4-10(7-9)12(16(17,18)19)23-15(20)25/h2-8,12H,1H3,(H3,20,23,25). The summed E-state index contributed by atoms with van der Waals surface area (Å²) in [4.78, 5) is 19.3. The molecule has 1 unspecified atom stereocenters. The van der Waals surface area contributed by atoms with Crippen molar-refractivity contribution in [3.63, 3.8) is 0 Å². The number of carbonyl (C=O) groups excluding carboxylic acids is 1. The van der Waals surface area contributed by atoms with Crippen LogP contribution in [-0.2, 0) is 0 Å². The highest BCUT2D eigenvalue weighted by molar-refractivity contribution is 5.72. The van der Waals surface area contributed by atoms with Crippen molar-refractivity contribution in [2.45, 2.75) is 12.2 Å². The molecule has 136 valence electrons. The summed E-state index contributed by atoms with van der Waals surface area (Å²) in [6.45, 7) is 0. The first-order chi connectivity index (χ1) is 12.3. The molecular formula is C16H14F3N5O2. The van der Waals surface area contributed by atoms with Gasteiger partial charge in [0.1, 0.15) is 0 Å². The number of imidazole rings is 1. The molecule has 2 amide bonds. The van der Waals surface area contributed by atoms with Crippen molar-refractivity contribution >= 4 is 11.7 Å². The molecule has 1 atom stereocenters. The first-order valence-corrected chi connectivity index (χ1v) is 7.40. The Hall–Kier alpha value is -3.30. The largest absolute Gasteiger partial charge is 0.478 e. The molecule has 2 heterocycles. The van der Waals surface area contributed by atoms with Gasteiger partial charge in [-0.2, -0.15) is 13.2 Å². The fraction of sp³-hybridized carbons (Fsp3) is 0.188. The molecular weight excluding hydrogens is 351 g/mol. The fourth-order valence-corrected chi connectivity index (χ4v) is 2.55. The Morgan fingerprint density at radius 1 is 1.38 bits per heavy atom. The third kappa shape index (κ3) is 3.39. The zero-order valence-electron chi connectivity index (χ0n) is 13.5. The van der Waals surface area contributed by atoms with Crippen LogP contribution in [0.2, 0.25) is 0 Å². The van der Waals surface area contributed by atoms with Crippen LogP contribution in [0.15, 0.2) is 42.9 Å². The van der Waals surface area contributed by atoms with Crippen LogP contribution >= 0.6 is 0 Å². The molecule has 3 N–H and O–H groups in total. The zero-order chi connectivity index (χ0) is 18.9. The van der Waals surface area contributed by atoms with Gasteiger partial charge in [0.25, 0.3) is 5.88 Å². The summed E-state index contributed by atoms with van der Waals surface area (Å²) in [5, 5.41) is 1.72. The Balaban J connectivity index is 2.08. The van der Waals surface area contributed by atoms with Gasteiger partial charge in [0.05, 0.1) is 12.8 Å². The zero-order valence-corrected chi connectivity index (χ0v) is 13.5. The topological polar surface area (TPSA) is 94.5 Å². The molecule has 3 rings (SSSR count). The minimum absolute atomic E-state index is 0.166. The second kappa shape index (κ2) is 6.54. The number of hydrogen-bond donors (Lipinski definition) is 2. The van der Waals surface area contributed by atoms with Gasteiger partial charge in [-0.3, -0.25) is 0 Å². The molecule has 10 heteroatoms. The van der Waals surface area contributed by atoms with Crippen LogP contribution in [0.5, 0.6) is 5.88 Å². The number of fused-ring (bicyclic) bond motifs is 1. The number of primary amides is 1. The van der Waals surface area contributed by atoms with Crippen LogP contribution < -0.4 is 15.8 Å². The highest BCUT2D eigenvalue weighted by atomic mass is 19.4. The number of urea groups is 1. The van der Waals surface area contributed by atoms with Crippen molar-refractivity contribution in [2.24, 2.45) is 5.73 Å². The summed E-state index contributed by atoms with van der Waals surface area (Å²) in [5.74, 6) is 0.237. The molecule has 2 aromatic heterocycles. The van der Waals surface area contributed by atoms with Gasteiger partial charge < -0.3 is 20.2 Å². The van der Waals surface area contributed by atoms with Crippen molar-refractivity contribution in [1.29, 1.82) is 0 Å². The molecule has 0 bridgehead atoms. The van der Waals surface area contributed by atoms with Gasteiger partial charge in [0.15, 0.2) is 11.7 Å². The first kappa shape index (κ1) is 17.5. The Labute approximate surface area is 145 Å². The normalized spacial score (nSPS) is 12.8. The van der Waals surface area contributed by atoms with E-state index < -0.39 is 18.2 Å². The molecule has 0 aliphatic carbocycles. The fourth-order valence-electron chi connectivity index (χ4n) is 2.55. The smallest absolute Gasteiger partial charge is 0.412 e. The van der Waals surface area contributed by atoms with E-state index in [0.717, 1.165) is 0 Å². The monoisotopic (exact) mass is 365 g/mol. The van der Waals surface area contributed by atoms with E-state index in [-0.39, 0.29) is 11.4 Å². The number of hydrogen-bond acceptors (Lipinski definition) is 4. The van der Waals surface area contributed by atoms with E-state index in [1.807, 2.05) is 0 Å². The quantitative estimate of drug-likeness (QED) is 0.743. The number of nitrogens with zero attached hydrogens (tertiary/aromatic N) is 3. The number of ether oxygens (including phenoxy) is 1. The molecule has 0 spiro atoms. The number of aromatic nitrogens is 3. The van der Waals surface area contributed by atoms with Crippen molar-refractivity contribution in [2.75, 3.05) is 7.11 Å². The second-order valence-corrected chi connectivity index (χ2v) is 5.40. The lowest BCUT2D eigenvalue weighted by Gasteiger charge is -2.21. The molecule has 0 radical (unpaired) electrons. The van der Waals surface area contributed by atoms with Crippen molar-refractivity contribution in [3.05, 3.63) is 48.4 Å². The van der Waals surface area contributed by atoms with Crippen LogP contribution in [0, 0.1) is 0 Å². The van der Waals surface area contributed by atoms with Crippen molar-refractivity contribution in [1.82, 2.24) is 19.7 Å². The molecule has 7 nitrogen and oxygen atoms in total. The van der Waals surface area contributed by atoms with Crippen LogP contribution in [0.3, 0.4) is 0 Å². The molecule has 0 saturated carbocycles. The maximum atomic E-state index is 13.3. The van der Waals surface area contributed by atoms with Gasteiger partial charge in [-0.15, -0.1) is 0 Å². The number of amides is 2. The Kier molecular flexibility index (Phi) is 4.41. The van der Waals surface area contributed by atoms with Crippen LogP contribution in [-0.4, -0.2) is 33.7 Å². The lowest BCUT2D eigenvalue weighted by molar-refractivity contribution is -0.154. The molecule has 26 heavy (non-hydrogen) atoms. The predicted octanol–water partition coefficient (Wildman–Crippen LogP) is 2.68. The Morgan fingerprint density at radius 2 is 2.15 bits per heavy atom. The number of halogens is 3. The Bertz CT molecular complexity index is 954. The molecule has 0 fully saturated rings. The summed E-state index contributed by atoms with van der Waals surface area (Å²) in [7, 11) is 1.42. The summed E-state index contributed by atoms with van der Waals surface area (Å²) in [6.07, 6.45) is 0.136. The minimum Gasteiger partial charge on any atom is -0.478 e. The van der Waals surface area contributed by atoms with E-state index in [1.165, 1.54) is 25.3 Å². The molecule has 1 aromatic carbocycles. The number of nitrogens with one attached hydrogen (secondary N) is 1. The number of benzene rings is 1. The first-order valence-electron chi connectivity index (χ1n) is 7.40. The van der Waals surface area contributed by atoms with E-state index >= 15 is 0 Å². The highest BCUT2D eigenvalue weighted by Crippen LogP contribution is 2.34. The summed E-state index contributed by atoms with van der Waals surface area (Å²) >= 11 is 0. The van der Waals surface area contributed by atoms with E-state index in [9.17, 15) is 18.0 Å². The van der Waals surface area contributed by atoms with E-state index in [4.69, 9.17) is 10.5 Å². The average molecular weight is 365 g/mol. The van der Waals surface area contributed by atoms with Gasteiger partial charge in [-0.05, 0) is 11.6 Å². The number of rotatable bonds is 4.